The van der Waals surface area contributed by atoms with E-state index >= 15 is 0 Å². The van der Waals surface area contributed by atoms with Crippen molar-refractivity contribution < 1.29 is 19.1 Å². The lowest BCUT2D eigenvalue weighted by molar-refractivity contribution is -0.143. The van der Waals surface area contributed by atoms with E-state index in [0.717, 1.165) is 35.6 Å². The smallest absolute Gasteiger partial charge is 0.342 e. The van der Waals surface area contributed by atoms with Gasteiger partial charge in [-0.05, 0) is 38.1 Å². The molecular formula is C29H32N4O5S. The highest BCUT2D eigenvalue weighted by Gasteiger charge is 2.26. The van der Waals surface area contributed by atoms with E-state index in [1.807, 2.05) is 48.0 Å². The van der Waals surface area contributed by atoms with Crippen molar-refractivity contribution in [3.63, 3.8) is 0 Å². The maximum Gasteiger partial charge on any atom is 0.342 e. The van der Waals surface area contributed by atoms with Gasteiger partial charge in [-0.25, -0.2) is 9.48 Å². The molecule has 0 aliphatic carbocycles. The molecule has 1 aromatic carbocycles. The molecule has 10 heteroatoms. The number of esters is 2. The van der Waals surface area contributed by atoms with Gasteiger partial charge < -0.3 is 14.8 Å². The lowest BCUT2D eigenvalue weighted by atomic mass is 10.1. The van der Waals surface area contributed by atoms with Gasteiger partial charge in [-0.2, -0.15) is 16.4 Å². The van der Waals surface area contributed by atoms with Gasteiger partial charge in [-0.1, -0.05) is 37.1 Å². The zero-order valence-corrected chi connectivity index (χ0v) is 23.0. The molecule has 0 amide bonds. The van der Waals surface area contributed by atoms with E-state index in [9.17, 15) is 14.4 Å². The van der Waals surface area contributed by atoms with Gasteiger partial charge in [0.05, 0.1) is 25.1 Å². The minimum Gasteiger partial charge on any atom is -0.466 e. The van der Waals surface area contributed by atoms with E-state index < -0.39 is 11.5 Å². The maximum atomic E-state index is 13.5. The van der Waals surface area contributed by atoms with Crippen molar-refractivity contribution in [3.05, 3.63) is 69.4 Å². The number of hydrogen-bond acceptors (Lipinski definition) is 9. The molecule has 0 unspecified atom stereocenters. The van der Waals surface area contributed by atoms with E-state index in [-0.39, 0.29) is 23.8 Å². The molecule has 4 rings (SSSR count). The third-order valence-electron chi connectivity index (χ3n) is 6.20. The lowest BCUT2D eigenvalue weighted by Gasteiger charge is -2.17. The standard InChI is InChI=1S/C29H32N4O5S/c1-3-33-28(35)27(31-23-18-30-17-20-11-8-9-12-22(20)23)25(26(32-33)21-14-16-39-19-21)29(36)38-15-10-6-5-7-13-24(34)37-4-2/h8-9,11-12,14,16-19,31H,3-7,10,13,15H2,1-2H3. The number of aromatic nitrogens is 3. The molecule has 0 saturated carbocycles. The number of benzene rings is 1. The number of aryl methyl sites for hydroxylation is 1. The number of nitrogens with one attached hydrogen (secondary N) is 1. The monoisotopic (exact) mass is 548 g/mol. The summed E-state index contributed by atoms with van der Waals surface area (Å²) in [6.45, 7) is 4.52. The van der Waals surface area contributed by atoms with Gasteiger partial charge in [0.15, 0.2) is 0 Å². The highest BCUT2D eigenvalue weighted by atomic mass is 32.1. The Hall–Kier alpha value is -4.05. The number of anilines is 2. The van der Waals surface area contributed by atoms with Crippen LogP contribution >= 0.6 is 11.3 Å². The summed E-state index contributed by atoms with van der Waals surface area (Å²) in [6, 6.07) is 9.55. The molecule has 0 atom stereocenters. The van der Waals surface area contributed by atoms with E-state index in [1.54, 1.807) is 19.3 Å². The second-order valence-corrected chi connectivity index (χ2v) is 9.65. The van der Waals surface area contributed by atoms with Crippen LogP contribution < -0.4 is 10.9 Å². The van der Waals surface area contributed by atoms with Crippen LogP contribution in [-0.4, -0.2) is 39.9 Å². The fourth-order valence-electron chi connectivity index (χ4n) is 4.25. The molecule has 0 aliphatic heterocycles. The first-order valence-corrected chi connectivity index (χ1v) is 14.1. The number of fused-ring (bicyclic) bond motifs is 1. The molecule has 4 aromatic rings. The summed E-state index contributed by atoms with van der Waals surface area (Å²) in [5.74, 6) is -0.813. The van der Waals surface area contributed by atoms with Crippen molar-refractivity contribution in [2.24, 2.45) is 0 Å². The van der Waals surface area contributed by atoms with Gasteiger partial charge in [0.1, 0.15) is 16.9 Å². The molecule has 3 heterocycles. The Balaban J connectivity index is 1.59. The molecule has 1 N–H and O–H groups in total. The number of pyridine rings is 1. The summed E-state index contributed by atoms with van der Waals surface area (Å²) in [5, 5.41) is 13.3. The molecule has 0 radical (unpaired) electrons. The highest BCUT2D eigenvalue weighted by molar-refractivity contribution is 7.08. The van der Waals surface area contributed by atoms with Crippen molar-refractivity contribution in [2.75, 3.05) is 18.5 Å². The molecular weight excluding hydrogens is 516 g/mol. The van der Waals surface area contributed by atoms with E-state index in [0.29, 0.717) is 37.4 Å². The second kappa shape index (κ2) is 13.7. The number of hydrogen-bond donors (Lipinski definition) is 1. The third kappa shape index (κ3) is 6.88. The fourth-order valence-corrected chi connectivity index (χ4v) is 4.89. The van der Waals surface area contributed by atoms with Crippen LogP contribution in [0, 0.1) is 0 Å². The number of unbranched alkanes of at least 4 members (excludes halogenated alkanes) is 3. The van der Waals surface area contributed by atoms with E-state index in [4.69, 9.17) is 9.47 Å². The van der Waals surface area contributed by atoms with Crippen LogP contribution in [0.5, 0.6) is 0 Å². The number of ether oxygens (including phenoxy) is 2. The van der Waals surface area contributed by atoms with Crippen LogP contribution in [0.4, 0.5) is 11.4 Å². The molecule has 0 bridgehead atoms. The van der Waals surface area contributed by atoms with Crippen LogP contribution in [0.1, 0.15) is 56.3 Å². The van der Waals surface area contributed by atoms with Crippen molar-refractivity contribution in [2.45, 2.75) is 52.5 Å². The largest absolute Gasteiger partial charge is 0.466 e. The van der Waals surface area contributed by atoms with Gasteiger partial charge in [-0.3, -0.25) is 14.6 Å². The molecule has 0 spiro atoms. The summed E-state index contributed by atoms with van der Waals surface area (Å²) in [7, 11) is 0. The first-order chi connectivity index (χ1) is 19.0. The quantitative estimate of drug-likeness (QED) is 0.161. The maximum absolute atomic E-state index is 13.5. The van der Waals surface area contributed by atoms with Gasteiger partial charge in [0, 0.05) is 40.9 Å². The number of carbonyl (C=O) groups is 2. The molecule has 3 aromatic heterocycles. The van der Waals surface area contributed by atoms with Gasteiger partial charge in [0.2, 0.25) is 0 Å². The van der Waals surface area contributed by atoms with Crippen LogP contribution in [-0.2, 0) is 20.8 Å². The van der Waals surface area contributed by atoms with Crippen LogP contribution in [0.2, 0.25) is 0 Å². The number of nitrogens with zero attached hydrogens (tertiary/aromatic N) is 3. The number of thiophene rings is 1. The predicted molar refractivity (Wildman–Crippen MR) is 153 cm³/mol. The second-order valence-electron chi connectivity index (χ2n) is 8.87. The summed E-state index contributed by atoms with van der Waals surface area (Å²) in [6.07, 6.45) is 6.75. The number of carbonyl (C=O) groups excluding carboxylic acids is 2. The average Bonchev–Trinajstić information content (AvgIpc) is 3.48. The Morgan fingerprint density at radius 3 is 2.62 bits per heavy atom. The number of rotatable bonds is 13. The first kappa shape index (κ1) is 28.0. The molecule has 204 valence electrons. The summed E-state index contributed by atoms with van der Waals surface area (Å²) < 4.78 is 11.9. The third-order valence-corrected chi connectivity index (χ3v) is 6.88. The van der Waals surface area contributed by atoms with Crippen LogP contribution in [0.25, 0.3) is 22.0 Å². The average molecular weight is 549 g/mol. The summed E-state index contributed by atoms with van der Waals surface area (Å²) in [4.78, 5) is 42.8. The summed E-state index contributed by atoms with van der Waals surface area (Å²) >= 11 is 1.48. The molecule has 9 nitrogen and oxygen atoms in total. The minimum atomic E-state index is -0.619. The van der Waals surface area contributed by atoms with Gasteiger partial charge in [0.25, 0.3) is 5.56 Å². The zero-order chi connectivity index (χ0) is 27.6. The molecule has 39 heavy (non-hydrogen) atoms. The predicted octanol–water partition coefficient (Wildman–Crippen LogP) is 5.95. The summed E-state index contributed by atoms with van der Waals surface area (Å²) in [5.41, 5.74) is 1.49. The van der Waals surface area contributed by atoms with Gasteiger partial charge in [-0.15, -0.1) is 0 Å². The van der Waals surface area contributed by atoms with Crippen LogP contribution in [0.3, 0.4) is 0 Å². The van der Waals surface area contributed by atoms with E-state index in [1.165, 1.54) is 16.0 Å². The SMILES string of the molecule is CCOC(=O)CCCCCCOC(=O)c1c(-c2ccsc2)nn(CC)c(=O)c1Nc1cncc2ccccc12. The molecule has 0 aliphatic rings. The molecule has 0 fully saturated rings. The van der Waals surface area contributed by atoms with Crippen molar-refractivity contribution in [1.82, 2.24) is 14.8 Å². The molecule has 0 saturated heterocycles. The highest BCUT2D eigenvalue weighted by Crippen LogP contribution is 2.31. The fraction of sp³-hybridized carbons (Fsp3) is 0.345. The lowest BCUT2D eigenvalue weighted by Crippen LogP contribution is -2.29. The Morgan fingerprint density at radius 1 is 1.03 bits per heavy atom. The van der Waals surface area contributed by atoms with Crippen molar-refractivity contribution in [3.8, 4) is 11.3 Å². The van der Waals surface area contributed by atoms with Crippen molar-refractivity contribution >= 4 is 45.4 Å². The normalized spacial score (nSPS) is 10.9. The zero-order valence-electron chi connectivity index (χ0n) is 22.1. The Morgan fingerprint density at radius 2 is 1.85 bits per heavy atom. The topological polar surface area (TPSA) is 112 Å². The Bertz CT molecular complexity index is 1480. The first-order valence-electron chi connectivity index (χ1n) is 13.1. The Kier molecular flexibility index (Phi) is 9.80. The van der Waals surface area contributed by atoms with E-state index in [2.05, 4.69) is 15.4 Å². The van der Waals surface area contributed by atoms with Gasteiger partial charge >= 0.3 is 11.9 Å². The minimum absolute atomic E-state index is 0.0957. The Labute approximate surface area is 230 Å². The van der Waals surface area contributed by atoms with Crippen LogP contribution in [0.15, 0.2) is 58.3 Å². The van der Waals surface area contributed by atoms with Crippen molar-refractivity contribution in [1.29, 1.82) is 0 Å².